The Hall–Kier alpha value is -3.03. The molecule has 8 heteroatoms. The molecule has 1 aliphatic rings. The molecule has 0 saturated carbocycles. The Morgan fingerprint density at radius 1 is 1.26 bits per heavy atom. The predicted octanol–water partition coefficient (Wildman–Crippen LogP) is 1.27. The molecular formula is C15H14N2O6. The molecular weight excluding hydrogens is 304 g/mol. The fourth-order valence-corrected chi connectivity index (χ4v) is 2.24. The van der Waals surface area contributed by atoms with E-state index in [4.69, 9.17) is 19.0 Å². The Morgan fingerprint density at radius 3 is 2.74 bits per heavy atom. The average molecular weight is 318 g/mol. The van der Waals surface area contributed by atoms with Gasteiger partial charge in [0.1, 0.15) is 19.8 Å². The minimum absolute atomic E-state index is 0.0467. The molecule has 0 saturated heterocycles. The van der Waals surface area contributed by atoms with Crippen LogP contribution >= 0.6 is 0 Å². The minimum Gasteiger partial charge on any atom is -0.486 e. The summed E-state index contributed by atoms with van der Waals surface area (Å²) in [5.41, 5.74) is 0.643. The Kier molecular flexibility index (Phi) is 3.88. The largest absolute Gasteiger partial charge is 0.486 e. The molecule has 23 heavy (non-hydrogen) atoms. The van der Waals surface area contributed by atoms with Crippen LogP contribution in [0, 0.1) is 0 Å². The lowest BCUT2D eigenvalue weighted by Gasteiger charge is -2.18. The topological polar surface area (TPSA) is 102 Å². The van der Waals surface area contributed by atoms with E-state index in [2.05, 4.69) is 4.98 Å². The minimum atomic E-state index is -1.11. The summed E-state index contributed by atoms with van der Waals surface area (Å²) in [5, 5.41) is 8.78. The number of carbonyl (C=O) groups excluding carboxylic acids is 1. The van der Waals surface area contributed by atoms with Gasteiger partial charge in [-0.05, 0) is 18.2 Å². The molecule has 120 valence electrons. The van der Waals surface area contributed by atoms with Crippen LogP contribution in [0.2, 0.25) is 0 Å². The second kappa shape index (κ2) is 5.99. The molecule has 0 radical (unpaired) electrons. The van der Waals surface area contributed by atoms with E-state index in [1.807, 2.05) is 0 Å². The van der Waals surface area contributed by atoms with Crippen molar-refractivity contribution >= 4 is 11.9 Å². The van der Waals surface area contributed by atoms with Gasteiger partial charge in [0, 0.05) is 12.6 Å². The molecule has 1 amide bonds. The number of fused-ring (bicyclic) bond motifs is 1. The third-order valence-corrected chi connectivity index (χ3v) is 3.29. The zero-order valence-corrected chi connectivity index (χ0v) is 12.3. The number of oxazole rings is 1. The summed E-state index contributed by atoms with van der Waals surface area (Å²) in [6, 6.07) is 5.15. The Morgan fingerprint density at radius 2 is 2.00 bits per heavy atom. The van der Waals surface area contributed by atoms with Crippen LogP contribution in [-0.2, 0) is 4.79 Å². The molecule has 1 N–H and O–H groups in total. The molecule has 0 bridgehead atoms. The number of amides is 1. The monoisotopic (exact) mass is 318 g/mol. The maximum atomic E-state index is 12.3. The molecule has 0 aliphatic carbocycles. The Labute approximate surface area is 131 Å². The summed E-state index contributed by atoms with van der Waals surface area (Å²) in [4.78, 5) is 28.0. The van der Waals surface area contributed by atoms with E-state index < -0.39 is 18.4 Å². The van der Waals surface area contributed by atoms with Gasteiger partial charge in [-0.25, -0.2) is 4.98 Å². The van der Waals surface area contributed by atoms with E-state index in [1.54, 1.807) is 18.2 Å². The van der Waals surface area contributed by atoms with E-state index in [0.717, 1.165) is 11.3 Å². The third-order valence-electron chi connectivity index (χ3n) is 3.29. The zero-order chi connectivity index (χ0) is 16.4. The van der Waals surface area contributed by atoms with Crippen LogP contribution < -0.4 is 9.47 Å². The van der Waals surface area contributed by atoms with Gasteiger partial charge < -0.3 is 23.9 Å². The number of hydrogen-bond acceptors (Lipinski definition) is 6. The number of ether oxygens (including phenoxy) is 2. The van der Waals surface area contributed by atoms with Gasteiger partial charge >= 0.3 is 5.97 Å². The van der Waals surface area contributed by atoms with Crippen LogP contribution in [0.4, 0.5) is 0 Å². The summed E-state index contributed by atoms with van der Waals surface area (Å²) in [6.45, 7) is 0.505. The number of aliphatic carboxylic acids is 1. The Bertz CT molecular complexity index is 754. The van der Waals surface area contributed by atoms with Gasteiger partial charge in [0.05, 0.1) is 0 Å². The van der Waals surface area contributed by atoms with Crippen molar-refractivity contribution in [1.82, 2.24) is 9.88 Å². The molecule has 0 atom stereocenters. The van der Waals surface area contributed by atoms with E-state index >= 15 is 0 Å². The van der Waals surface area contributed by atoms with Crippen LogP contribution in [0.1, 0.15) is 10.5 Å². The first-order valence-corrected chi connectivity index (χ1v) is 6.87. The molecule has 0 fully saturated rings. The van der Waals surface area contributed by atoms with Crippen LogP contribution in [0.15, 0.2) is 29.0 Å². The lowest BCUT2D eigenvalue weighted by Crippen LogP contribution is -2.32. The first kappa shape index (κ1) is 14.9. The molecule has 1 aromatic carbocycles. The van der Waals surface area contributed by atoms with Crippen LogP contribution in [-0.4, -0.2) is 53.7 Å². The highest BCUT2D eigenvalue weighted by Gasteiger charge is 2.24. The highest BCUT2D eigenvalue weighted by atomic mass is 16.6. The van der Waals surface area contributed by atoms with E-state index in [1.165, 1.54) is 7.05 Å². The summed E-state index contributed by atoms with van der Waals surface area (Å²) in [7, 11) is 1.39. The van der Waals surface area contributed by atoms with Crippen molar-refractivity contribution in [2.45, 2.75) is 0 Å². The van der Waals surface area contributed by atoms with E-state index in [9.17, 15) is 9.59 Å². The van der Waals surface area contributed by atoms with Gasteiger partial charge in [0.2, 0.25) is 0 Å². The number of benzene rings is 1. The Balaban J connectivity index is 1.92. The molecule has 0 unspecified atom stereocenters. The standard InChI is InChI=1S/C15H14N2O6/c1-17(7-12(18)19)15(20)13-14(23-8-16-13)9-2-3-10-11(6-9)22-5-4-21-10/h2-3,6,8H,4-5,7H2,1H3,(H,18,19). The summed E-state index contributed by atoms with van der Waals surface area (Å²) >= 11 is 0. The fourth-order valence-electron chi connectivity index (χ4n) is 2.24. The van der Waals surface area contributed by atoms with Crippen LogP contribution in [0.25, 0.3) is 11.3 Å². The number of nitrogens with zero attached hydrogens (tertiary/aromatic N) is 2. The maximum Gasteiger partial charge on any atom is 0.323 e. The molecule has 1 aliphatic heterocycles. The van der Waals surface area contributed by atoms with Crippen molar-refractivity contribution in [3.05, 3.63) is 30.3 Å². The first-order chi connectivity index (χ1) is 11.1. The van der Waals surface area contributed by atoms with Gasteiger partial charge in [-0.2, -0.15) is 0 Å². The van der Waals surface area contributed by atoms with Gasteiger partial charge in [-0.1, -0.05) is 0 Å². The van der Waals surface area contributed by atoms with Crippen molar-refractivity contribution < 1.29 is 28.6 Å². The lowest BCUT2D eigenvalue weighted by molar-refractivity contribution is -0.137. The molecule has 1 aromatic heterocycles. The summed E-state index contributed by atoms with van der Waals surface area (Å²) in [6.07, 6.45) is 1.15. The van der Waals surface area contributed by atoms with Crippen molar-refractivity contribution in [3.63, 3.8) is 0 Å². The molecule has 2 aromatic rings. The zero-order valence-electron chi connectivity index (χ0n) is 12.3. The average Bonchev–Trinajstić information content (AvgIpc) is 3.02. The van der Waals surface area contributed by atoms with Gasteiger partial charge in [0.15, 0.2) is 29.3 Å². The van der Waals surface area contributed by atoms with Crippen molar-refractivity contribution in [2.24, 2.45) is 0 Å². The summed E-state index contributed by atoms with van der Waals surface area (Å²) < 4.78 is 16.3. The van der Waals surface area contributed by atoms with Gasteiger partial charge in [0.25, 0.3) is 5.91 Å². The number of carbonyl (C=O) groups is 2. The van der Waals surface area contributed by atoms with Crippen LogP contribution in [0.3, 0.4) is 0 Å². The number of likely N-dealkylation sites (N-methyl/N-ethyl adjacent to an activating group) is 1. The first-order valence-electron chi connectivity index (χ1n) is 6.87. The number of aromatic nitrogens is 1. The van der Waals surface area contributed by atoms with Gasteiger partial charge in [-0.15, -0.1) is 0 Å². The molecule has 2 heterocycles. The van der Waals surface area contributed by atoms with Crippen molar-refractivity contribution in [2.75, 3.05) is 26.8 Å². The number of carboxylic acids is 1. The third kappa shape index (κ3) is 2.96. The summed E-state index contributed by atoms with van der Waals surface area (Å²) in [5.74, 6) is -0.210. The maximum absolute atomic E-state index is 12.3. The quantitative estimate of drug-likeness (QED) is 0.905. The smallest absolute Gasteiger partial charge is 0.323 e. The predicted molar refractivity (Wildman–Crippen MR) is 77.5 cm³/mol. The van der Waals surface area contributed by atoms with E-state index in [-0.39, 0.29) is 11.5 Å². The highest BCUT2D eigenvalue weighted by Crippen LogP contribution is 2.35. The lowest BCUT2D eigenvalue weighted by atomic mass is 10.1. The highest BCUT2D eigenvalue weighted by molar-refractivity contribution is 5.98. The van der Waals surface area contributed by atoms with E-state index in [0.29, 0.717) is 30.3 Å². The SMILES string of the molecule is CN(CC(=O)O)C(=O)c1ncoc1-c1ccc2c(c1)OCCO2. The second-order valence-corrected chi connectivity index (χ2v) is 4.94. The number of hydrogen-bond donors (Lipinski definition) is 1. The number of rotatable bonds is 4. The molecule has 8 nitrogen and oxygen atoms in total. The molecule has 0 spiro atoms. The van der Waals surface area contributed by atoms with Gasteiger partial charge in [-0.3, -0.25) is 9.59 Å². The van der Waals surface area contributed by atoms with Crippen LogP contribution in [0.5, 0.6) is 11.5 Å². The fraction of sp³-hybridized carbons (Fsp3) is 0.267. The normalized spacial score (nSPS) is 12.7. The second-order valence-electron chi connectivity index (χ2n) is 4.94. The van der Waals surface area contributed by atoms with Crippen molar-refractivity contribution in [1.29, 1.82) is 0 Å². The number of carboxylic acid groups (broad SMARTS) is 1. The molecule has 3 rings (SSSR count). The van der Waals surface area contributed by atoms with Crippen molar-refractivity contribution in [3.8, 4) is 22.8 Å².